The smallest absolute Gasteiger partial charge is 0.256 e. The van der Waals surface area contributed by atoms with Crippen LogP contribution >= 0.6 is 11.3 Å². The molecule has 0 saturated carbocycles. The summed E-state index contributed by atoms with van der Waals surface area (Å²) in [4.78, 5) is 30.4. The lowest BCUT2D eigenvalue weighted by molar-refractivity contribution is 0.0962. The first kappa shape index (κ1) is 17.9. The fourth-order valence-corrected chi connectivity index (χ4v) is 3.65. The van der Waals surface area contributed by atoms with Gasteiger partial charge in [-0.3, -0.25) is 9.59 Å². The van der Waals surface area contributed by atoms with Crippen LogP contribution in [0.4, 0.5) is 5.69 Å². The highest BCUT2D eigenvalue weighted by molar-refractivity contribution is 7.13. The molecule has 2 amide bonds. The van der Waals surface area contributed by atoms with Crippen LogP contribution in [-0.2, 0) is 0 Å². The number of pyridine rings is 1. The average Bonchev–Trinajstić information content (AvgIpc) is 3.28. The zero-order valence-corrected chi connectivity index (χ0v) is 15.9. The van der Waals surface area contributed by atoms with Gasteiger partial charge in [-0.25, -0.2) is 4.98 Å². The Balaban J connectivity index is 1.69. The summed E-state index contributed by atoms with van der Waals surface area (Å²) in [5.41, 5.74) is 3.26. The number of carbonyl (C=O) groups is 2. The molecule has 4 aromatic rings. The molecule has 2 N–H and O–H groups in total. The summed E-state index contributed by atoms with van der Waals surface area (Å²) >= 11 is 1.58. The summed E-state index contributed by atoms with van der Waals surface area (Å²) in [5.74, 6) is -0.386. The van der Waals surface area contributed by atoms with E-state index >= 15 is 0 Å². The van der Waals surface area contributed by atoms with Crippen LogP contribution < -0.4 is 10.6 Å². The lowest BCUT2D eigenvalue weighted by Gasteiger charge is -2.10. The van der Waals surface area contributed by atoms with E-state index in [1.54, 1.807) is 42.6 Å². The molecule has 0 aliphatic heterocycles. The summed E-state index contributed by atoms with van der Waals surface area (Å²) in [6.45, 7) is 0. The number of para-hydroxylation sites is 1. The van der Waals surface area contributed by atoms with Crippen LogP contribution in [0.5, 0.6) is 0 Å². The molecule has 0 unspecified atom stereocenters. The minimum atomic E-state index is -0.218. The molecule has 0 aliphatic rings. The Morgan fingerprint density at radius 2 is 1.71 bits per heavy atom. The molecule has 0 bridgehead atoms. The third-order valence-corrected chi connectivity index (χ3v) is 5.26. The maximum Gasteiger partial charge on any atom is 0.256 e. The minimum Gasteiger partial charge on any atom is -0.355 e. The van der Waals surface area contributed by atoms with Crippen molar-refractivity contribution in [3.8, 4) is 10.6 Å². The molecular weight excluding hydrogens is 370 g/mol. The predicted molar refractivity (Wildman–Crippen MR) is 113 cm³/mol. The van der Waals surface area contributed by atoms with E-state index in [-0.39, 0.29) is 11.8 Å². The van der Waals surface area contributed by atoms with Gasteiger partial charge in [-0.1, -0.05) is 24.3 Å². The van der Waals surface area contributed by atoms with Crippen LogP contribution in [0.2, 0.25) is 0 Å². The third kappa shape index (κ3) is 3.50. The second-order valence-electron chi connectivity index (χ2n) is 6.16. The molecule has 138 valence electrons. The van der Waals surface area contributed by atoms with Gasteiger partial charge in [0.2, 0.25) is 0 Å². The van der Waals surface area contributed by atoms with Gasteiger partial charge >= 0.3 is 0 Å². The van der Waals surface area contributed by atoms with Gasteiger partial charge in [0.1, 0.15) is 0 Å². The Bertz CT molecular complexity index is 1150. The van der Waals surface area contributed by atoms with E-state index in [1.165, 1.54) is 0 Å². The SMILES string of the molecule is CNC(=O)c1ccc(NC(=O)c2cc(-c3cccs3)nc3ccccc23)cc1. The Morgan fingerprint density at radius 1 is 0.929 bits per heavy atom. The molecule has 5 nitrogen and oxygen atoms in total. The van der Waals surface area contributed by atoms with Crippen molar-refractivity contribution in [2.75, 3.05) is 12.4 Å². The number of aromatic nitrogens is 1. The van der Waals surface area contributed by atoms with E-state index in [0.29, 0.717) is 16.8 Å². The normalized spacial score (nSPS) is 10.6. The Kier molecular flexibility index (Phi) is 4.87. The lowest BCUT2D eigenvalue weighted by atomic mass is 10.1. The topological polar surface area (TPSA) is 71.1 Å². The fourth-order valence-electron chi connectivity index (χ4n) is 2.96. The van der Waals surface area contributed by atoms with Gasteiger partial charge in [-0.05, 0) is 47.8 Å². The average molecular weight is 387 g/mol. The van der Waals surface area contributed by atoms with E-state index in [4.69, 9.17) is 4.98 Å². The number of nitrogens with one attached hydrogen (secondary N) is 2. The zero-order valence-electron chi connectivity index (χ0n) is 15.1. The molecule has 2 heterocycles. The number of benzene rings is 2. The summed E-state index contributed by atoms with van der Waals surface area (Å²) < 4.78 is 0. The van der Waals surface area contributed by atoms with Gasteiger partial charge < -0.3 is 10.6 Å². The van der Waals surface area contributed by atoms with E-state index in [2.05, 4.69) is 10.6 Å². The number of nitrogens with zero attached hydrogens (tertiary/aromatic N) is 1. The first-order valence-electron chi connectivity index (χ1n) is 8.73. The second kappa shape index (κ2) is 7.62. The van der Waals surface area contributed by atoms with E-state index in [0.717, 1.165) is 21.5 Å². The van der Waals surface area contributed by atoms with Crippen LogP contribution in [-0.4, -0.2) is 23.8 Å². The molecule has 0 aliphatic carbocycles. The van der Waals surface area contributed by atoms with Crippen molar-refractivity contribution in [1.82, 2.24) is 10.3 Å². The Morgan fingerprint density at radius 3 is 2.43 bits per heavy atom. The summed E-state index contributed by atoms with van der Waals surface area (Å²) in [5, 5.41) is 8.27. The van der Waals surface area contributed by atoms with Crippen LogP contribution in [0.3, 0.4) is 0 Å². The van der Waals surface area contributed by atoms with Crippen molar-refractivity contribution in [1.29, 1.82) is 0 Å². The highest BCUT2D eigenvalue weighted by atomic mass is 32.1. The van der Waals surface area contributed by atoms with Crippen molar-refractivity contribution in [2.24, 2.45) is 0 Å². The molecule has 6 heteroatoms. The lowest BCUT2D eigenvalue weighted by Crippen LogP contribution is -2.18. The number of carbonyl (C=O) groups excluding carboxylic acids is 2. The van der Waals surface area contributed by atoms with Gasteiger partial charge in [0.25, 0.3) is 11.8 Å². The minimum absolute atomic E-state index is 0.168. The van der Waals surface area contributed by atoms with Crippen molar-refractivity contribution < 1.29 is 9.59 Å². The van der Waals surface area contributed by atoms with Crippen molar-refractivity contribution >= 4 is 39.7 Å². The Labute approximate surface area is 166 Å². The maximum absolute atomic E-state index is 13.0. The summed E-state index contributed by atoms with van der Waals surface area (Å²) in [6.07, 6.45) is 0. The number of hydrogen-bond donors (Lipinski definition) is 2. The first-order valence-corrected chi connectivity index (χ1v) is 9.61. The molecule has 2 aromatic heterocycles. The Hall–Kier alpha value is -3.51. The summed E-state index contributed by atoms with van der Waals surface area (Å²) in [7, 11) is 1.58. The van der Waals surface area contributed by atoms with Crippen LogP contribution in [0, 0.1) is 0 Å². The van der Waals surface area contributed by atoms with Gasteiger partial charge in [0, 0.05) is 23.7 Å². The molecule has 0 saturated heterocycles. The van der Waals surface area contributed by atoms with Gasteiger partial charge in [0.05, 0.1) is 21.7 Å². The standard InChI is InChI=1S/C22H17N3O2S/c1-23-21(26)14-8-10-15(11-9-14)24-22(27)17-13-19(20-7-4-12-28-20)25-18-6-3-2-5-16(17)18/h2-13H,1H3,(H,23,26)(H,24,27). The molecule has 0 atom stereocenters. The number of hydrogen-bond acceptors (Lipinski definition) is 4. The van der Waals surface area contributed by atoms with Crippen LogP contribution in [0.1, 0.15) is 20.7 Å². The maximum atomic E-state index is 13.0. The van der Waals surface area contributed by atoms with Gasteiger partial charge in [-0.2, -0.15) is 0 Å². The third-order valence-electron chi connectivity index (χ3n) is 4.37. The number of amides is 2. The second-order valence-corrected chi connectivity index (χ2v) is 7.11. The zero-order chi connectivity index (χ0) is 19.5. The van der Waals surface area contributed by atoms with Crippen molar-refractivity contribution in [3.05, 3.63) is 83.2 Å². The quantitative estimate of drug-likeness (QED) is 0.539. The van der Waals surface area contributed by atoms with Crippen molar-refractivity contribution in [2.45, 2.75) is 0 Å². The fraction of sp³-hybridized carbons (Fsp3) is 0.0455. The predicted octanol–water partition coefficient (Wildman–Crippen LogP) is 4.58. The van der Waals surface area contributed by atoms with Gasteiger partial charge in [-0.15, -0.1) is 11.3 Å². The highest BCUT2D eigenvalue weighted by Crippen LogP contribution is 2.28. The highest BCUT2D eigenvalue weighted by Gasteiger charge is 2.15. The van der Waals surface area contributed by atoms with E-state index in [9.17, 15) is 9.59 Å². The van der Waals surface area contributed by atoms with E-state index < -0.39 is 0 Å². The molecule has 0 radical (unpaired) electrons. The number of thiophene rings is 1. The van der Waals surface area contributed by atoms with Gasteiger partial charge in [0.15, 0.2) is 0 Å². The molecular formula is C22H17N3O2S. The molecule has 2 aromatic carbocycles. The molecule has 4 rings (SSSR count). The number of rotatable bonds is 4. The molecule has 28 heavy (non-hydrogen) atoms. The van der Waals surface area contributed by atoms with Crippen LogP contribution in [0.15, 0.2) is 72.1 Å². The van der Waals surface area contributed by atoms with E-state index in [1.807, 2.05) is 47.8 Å². The number of anilines is 1. The first-order chi connectivity index (χ1) is 13.7. The monoisotopic (exact) mass is 387 g/mol. The molecule has 0 fully saturated rings. The van der Waals surface area contributed by atoms with Crippen molar-refractivity contribution in [3.63, 3.8) is 0 Å². The number of fused-ring (bicyclic) bond motifs is 1. The largest absolute Gasteiger partial charge is 0.355 e. The molecule has 0 spiro atoms. The van der Waals surface area contributed by atoms with Crippen LogP contribution in [0.25, 0.3) is 21.5 Å². The summed E-state index contributed by atoms with van der Waals surface area (Å²) in [6, 6.07) is 20.2.